The van der Waals surface area contributed by atoms with Crippen molar-refractivity contribution in [2.75, 3.05) is 11.9 Å². The maximum absolute atomic E-state index is 11.8. The number of hydrogen-bond donors (Lipinski definition) is 1. The molecule has 0 fully saturated rings. The standard InChI is InChI=1S/C14H10Cl3NO2/c15-9-4-1-2-7-12(9)18-13(19)8-20-14-10(16)5-3-6-11(14)17/h1-7H,8H2,(H,18,19). The minimum Gasteiger partial charge on any atom is -0.481 e. The molecule has 2 rings (SSSR count). The van der Waals surface area contributed by atoms with Gasteiger partial charge in [-0.15, -0.1) is 0 Å². The maximum Gasteiger partial charge on any atom is 0.262 e. The molecule has 0 bridgehead atoms. The Hall–Kier alpha value is -1.42. The van der Waals surface area contributed by atoms with E-state index in [9.17, 15) is 4.79 Å². The number of hydrogen-bond acceptors (Lipinski definition) is 2. The van der Waals surface area contributed by atoms with E-state index in [1.807, 2.05) is 0 Å². The molecule has 0 heterocycles. The highest BCUT2D eigenvalue weighted by molar-refractivity contribution is 6.37. The first-order valence-electron chi connectivity index (χ1n) is 5.69. The first-order chi connectivity index (χ1) is 9.58. The molecule has 2 aromatic carbocycles. The van der Waals surface area contributed by atoms with Crippen molar-refractivity contribution in [3.8, 4) is 5.75 Å². The van der Waals surface area contributed by atoms with E-state index < -0.39 is 0 Å². The van der Waals surface area contributed by atoms with Crippen LogP contribution in [0.2, 0.25) is 15.1 Å². The summed E-state index contributed by atoms with van der Waals surface area (Å²) >= 11 is 17.8. The van der Waals surface area contributed by atoms with Crippen molar-refractivity contribution in [1.82, 2.24) is 0 Å². The van der Waals surface area contributed by atoms with Crippen molar-refractivity contribution < 1.29 is 9.53 Å². The fourth-order valence-electron chi connectivity index (χ4n) is 1.51. The molecular formula is C14H10Cl3NO2. The van der Waals surface area contributed by atoms with Gasteiger partial charge in [0.25, 0.3) is 5.91 Å². The van der Waals surface area contributed by atoms with Crippen LogP contribution in [0.25, 0.3) is 0 Å². The zero-order valence-corrected chi connectivity index (χ0v) is 12.5. The summed E-state index contributed by atoms with van der Waals surface area (Å²) in [6.07, 6.45) is 0. The fourth-order valence-corrected chi connectivity index (χ4v) is 2.20. The van der Waals surface area contributed by atoms with Crippen molar-refractivity contribution in [3.05, 3.63) is 57.5 Å². The van der Waals surface area contributed by atoms with Crippen molar-refractivity contribution in [3.63, 3.8) is 0 Å². The number of para-hydroxylation sites is 2. The quantitative estimate of drug-likeness (QED) is 0.885. The highest BCUT2D eigenvalue weighted by Gasteiger charge is 2.10. The molecule has 3 nitrogen and oxygen atoms in total. The van der Waals surface area contributed by atoms with Gasteiger partial charge < -0.3 is 10.1 Å². The summed E-state index contributed by atoms with van der Waals surface area (Å²) in [4.78, 5) is 11.8. The fraction of sp³-hybridized carbons (Fsp3) is 0.0714. The lowest BCUT2D eigenvalue weighted by molar-refractivity contribution is -0.118. The lowest BCUT2D eigenvalue weighted by Crippen LogP contribution is -2.20. The highest BCUT2D eigenvalue weighted by Crippen LogP contribution is 2.32. The van der Waals surface area contributed by atoms with E-state index in [1.165, 1.54) is 0 Å². The molecule has 0 atom stereocenters. The second-order valence-electron chi connectivity index (χ2n) is 3.87. The van der Waals surface area contributed by atoms with Gasteiger partial charge >= 0.3 is 0 Å². The molecule has 0 aliphatic rings. The zero-order valence-electron chi connectivity index (χ0n) is 10.2. The predicted molar refractivity (Wildman–Crippen MR) is 82.0 cm³/mol. The molecule has 1 amide bonds. The Morgan fingerprint density at radius 1 is 0.950 bits per heavy atom. The number of rotatable bonds is 4. The third-order valence-corrected chi connectivity index (χ3v) is 3.34. The Bertz CT molecular complexity index is 611. The second-order valence-corrected chi connectivity index (χ2v) is 5.09. The molecule has 0 aliphatic heterocycles. The Labute approximate surface area is 131 Å². The summed E-state index contributed by atoms with van der Waals surface area (Å²) in [6, 6.07) is 11.9. The Morgan fingerprint density at radius 3 is 2.20 bits per heavy atom. The van der Waals surface area contributed by atoms with E-state index in [1.54, 1.807) is 42.5 Å². The van der Waals surface area contributed by atoms with Gasteiger partial charge in [0, 0.05) is 0 Å². The number of amides is 1. The van der Waals surface area contributed by atoms with Crippen LogP contribution in [-0.4, -0.2) is 12.5 Å². The van der Waals surface area contributed by atoms with Crippen LogP contribution in [0.3, 0.4) is 0 Å². The molecule has 0 aliphatic carbocycles. The normalized spacial score (nSPS) is 10.2. The molecule has 1 N–H and O–H groups in total. The van der Waals surface area contributed by atoms with Gasteiger partial charge in [-0.1, -0.05) is 53.0 Å². The van der Waals surface area contributed by atoms with E-state index in [-0.39, 0.29) is 18.3 Å². The molecule has 0 saturated carbocycles. The van der Waals surface area contributed by atoms with Crippen molar-refractivity contribution in [1.29, 1.82) is 0 Å². The molecule has 2 aromatic rings. The van der Waals surface area contributed by atoms with E-state index in [4.69, 9.17) is 39.5 Å². The molecule has 0 saturated heterocycles. The number of benzene rings is 2. The third kappa shape index (κ3) is 3.79. The molecular weight excluding hydrogens is 321 g/mol. The van der Waals surface area contributed by atoms with Crippen LogP contribution in [0.15, 0.2) is 42.5 Å². The SMILES string of the molecule is O=C(COc1c(Cl)cccc1Cl)Nc1ccccc1Cl. The Morgan fingerprint density at radius 2 is 1.55 bits per heavy atom. The lowest BCUT2D eigenvalue weighted by atomic mass is 10.3. The van der Waals surface area contributed by atoms with Gasteiger partial charge in [-0.05, 0) is 24.3 Å². The first-order valence-corrected chi connectivity index (χ1v) is 6.82. The van der Waals surface area contributed by atoms with Crippen molar-refractivity contribution >= 4 is 46.4 Å². The van der Waals surface area contributed by atoms with Gasteiger partial charge in [-0.2, -0.15) is 0 Å². The van der Waals surface area contributed by atoms with Crippen LogP contribution < -0.4 is 10.1 Å². The predicted octanol–water partition coefficient (Wildman–Crippen LogP) is 4.66. The van der Waals surface area contributed by atoms with Crippen molar-refractivity contribution in [2.45, 2.75) is 0 Å². The van der Waals surface area contributed by atoms with Crippen LogP contribution in [0.4, 0.5) is 5.69 Å². The largest absolute Gasteiger partial charge is 0.481 e. The Balaban J connectivity index is 1.98. The molecule has 0 radical (unpaired) electrons. The number of anilines is 1. The van der Waals surface area contributed by atoms with Crippen LogP contribution in [-0.2, 0) is 4.79 Å². The Kier molecular flexibility index (Phi) is 5.12. The van der Waals surface area contributed by atoms with Gasteiger partial charge in [0.05, 0.1) is 20.8 Å². The number of carbonyl (C=O) groups excluding carboxylic acids is 1. The van der Waals surface area contributed by atoms with Crippen LogP contribution in [0.1, 0.15) is 0 Å². The molecule has 0 spiro atoms. The van der Waals surface area contributed by atoms with Gasteiger partial charge in [-0.3, -0.25) is 4.79 Å². The summed E-state index contributed by atoms with van der Waals surface area (Å²) in [6.45, 7) is -0.214. The van der Waals surface area contributed by atoms with Gasteiger partial charge in [0.15, 0.2) is 12.4 Å². The number of nitrogens with one attached hydrogen (secondary N) is 1. The maximum atomic E-state index is 11.8. The summed E-state index contributed by atoms with van der Waals surface area (Å²) in [5.74, 6) is -0.0702. The molecule has 6 heteroatoms. The summed E-state index contributed by atoms with van der Waals surface area (Å²) in [5.41, 5.74) is 0.521. The van der Waals surface area contributed by atoms with Gasteiger partial charge in [-0.25, -0.2) is 0 Å². The van der Waals surface area contributed by atoms with E-state index in [0.29, 0.717) is 20.8 Å². The van der Waals surface area contributed by atoms with Gasteiger partial charge in [0.1, 0.15) is 0 Å². The van der Waals surface area contributed by atoms with E-state index >= 15 is 0 Å². The van der Waals surface area contributed by atoms with Crippen LogP contribution in [0, 0.1) is 0 Å². The number of ether oxygens (including phenoxy) is 1. The van der Waals surface area contributed by atoms with Crippen molar-refractivity contribution in [2.24, 2.45) is 0 Å². The zero-order chi connectivity index (χ0) is 14.5. The minimum absolute atomic E-state index is 0.214. The lowest BCUT2D eigenvalue weighted by Gasteiger charge is -2.10. The first kappa shape index (κ1) is 15.0. The minimum atomic E-state index is -0.353. The monoisotopic (exact) mass is 329 g/mol. The third-order valence-electron chi connectivity index (χ3n) is 2.41. The smallest absolute Gasteiger partial charge is 0.262 e. The number of carbonyl (C=O) groups is 1. The molecule has 104 valence electrons. The second kappa shape index (κ2) is 6.84. The average Bonchev–Trinajstić information content (AvgIpc) is 2.41. The highest BCUT2D eigenvalue weighted by atomic mass is 35.5. The van der Waals surface area contributed by atoms with E-state index in [2.05, 4.69) is 5.32 Å². The van der Waals surface area contributed by atoms with Crippen LogP contribution in [0.5, 0.6) is 5.75 Å². The molecule has 0 unspecified atom stereocenters. The van der Waals surface area contributed by atoms with E-state index in [0.717, 1.165) is 0 Å². The average molecular weight is 331 g/mol. The summed E-state index contributed by atoms with van der Waals surface area (Å²) in [7, 11) is 0. The van der Waals surface area contributed by atoms with Crippen LogP contribution >= 0.6 is 34.8 Å². The summed E-state index contributed by atoms with van der Waals surface area (Å²) in [5, 5.41) is 3.79. The molecule has 0 aromatic heterocycles. The molecule has 20 heavy (non-hydrogen) atoms. The van der Waals surface area contributed by atoms with Gasteiger partial charge in [0.2, 0.25) is 0 Å². The topological polar surface area (TPSA) is 38.3 Å². The summed E-state index contributed by atoms with van der Waals surface area (Å²) < 4.78 is 5.32. The number of halogens is 3.